The highest BCUT2D eigenvalue weighted by atomic mass is 32.2. The van der Waals surface area contributed by atoms with E-state index in [1.165, 1.54) is 32.5 Å². The zero-order chi connectivity index (χ0) is 13.0. The number of nitrogens with one attached hydrogen (secondary N) is 1. The minimum absolute atomic E-state index is 0.366. The van der Waals surface area contributed by atoms with E-state index in [-0.39, 0.29) is 0 Å². The molecule has 1 unspecified atom stereocenters. The summed E-state index contributed by atoms with van der Waals surface area (Å²) in [6.07, 6.45) is 4.28. The van der Waals surface area contributed by atoms with Crippen LogP contribution in [0.5, 0.6) is 0 Å². The lowest BCUT2D eigenvalue weighted by molar-refractivity contribution is 0.275. The van der Waals surface area contributed by atoms with Gasteiger partial charge in [0.05, 0.1) is 11.5 Å². The summed E-state index contributed by atoms with van der Waals surface area (Å²) in [5.74, 6) is 1.39. The first-order chi connectivity index (χ1) is 8.55. The molecule has 2 saturated heterocycles. The number of likely N-dealkylation sites (tertiary alicyclic amines) is 1. The molecule has 0 aromatic rings. The van der Waals surface area contributed by atoms with Gasteiger partial charge in [0, 0.05) is 12.6 Å². The van der Waals surface area contributed by atoms with Crippen molar-refractivity contribution >= 4 is 9.84 Å². The normalized spacial score (nSPS) is 27.4. The van der Waals surface area contributed by atoms with Gasteiger partial charge in [-0.3, -0.25) is 0 Å². The molecule has 4 nitrogen and oxygen atoms in total. The summed E-state index contributed by atoms with van der Waals surface area (Å²) in [7, 11) is -2.72. The highest BCUT2D eigenvalue weighted by Gasteiger charge is 2.23. The number of rotatable bonds is 5. The molecule has 0 spiro atoms. The highest BCUT2D eigenvalue weighted by molar-refractivity contribution is 7.91. The average molecular weight is 274 g/mol. The van der Waals surface area contributed by atoms with E-state index >= 15 is 0 Å². The van der Waals surface area contributed by atoms with Gasteiger partial charge in [-0.25, -0.2) is 8.42 Å². The minimum atomic E-state index is -2.72. The summed E-state index contributed by atoms with van der Waals surface area (Å²) in [6.45, 7) is 6.99. The molecule has 0 aliphatic carbocycles. The Kier molecular flexibility index (Phi) is 5.04. The van der Waals surface area contributed by atoms with Crippen LogP contribution in [0.25, 0.3) is 0 Å². The Balaban J connectivity index is 1.62. The van der Waals surface area contributed by atoms with Gasteiger partial charge in [0.2, 0.25) is 0 Å². The van der Waals surface area contributed by atoms with Crippen molar-refractivity contribution in [1.29, 1.82) is 0 Å². The molecule has 0 amide bonds. The summed E-state index contributed by atoms with van der Waals surface area (Å²) in [6, 6.07) is 0.412. The molecular formula is C13H26N2O2S. The fraction of sp³-hybridized carbons (Fsp3) is 1.00. The molecule has 2 aliphatic rings. The third-order valence-corrected chi connectivity index (χ3v) is 5.79. The van der Waals surface area contributed by atoms with Crippen LogP contribution in [0.4, 0.5) is 0 Å². The van der Waals surface area contributed by atoms with Crippen molar-refractivity contribution in [3.63, 3.8) is 0 Å². The first kappa shape index (κ1) is 14.3. The number of hydrogen-bond donors (Lipinski definition) is 1. The van der Waals surface area contributed by atoms with E-state index in [1.807, 2.05) is 0 Å². The molecule has 1 atom stereocenters. The third kappa shape index (κ3) is 4.52. The lowest BCUT2D eigenvalue weighted by atomic mass is 10.1. The summed E-state index contributed by atoms with van der Waals surface area (Å²) >= 11 is 0. The molecule has 5 heteroatoms. The van der Waals surface area contributed by atoms with Gasteiger partial charge in [-0.1, -0.05) is 6.92 Å². The Labute approximate surface area is 111 Å². The fourth-order valence-electron chi connectivity index (χ4n) is 2.93. The first-order valence-electron chi connectivity index (χ1n) is 7.21. The van der Waals surface area contributed by atoms with Crippen molar-refractivity contribution in [1.82, 2.24) is 10.2 Å². The van der Waals surface area contributed by atoms with Gasteiger partial charge >= 0.3 is 0 Å². The number of nitrogens with zero attached hydrogens (tertiary/aromatic N) is 1. The zero-order valence-electron chi connectivity index (χ0n) is 11.4. The Morgan fingerprint density at radius 2 is 1.83 bits per heavy atom. The smallest absolute Gasteiger partial charge is 0.150 e. The Morgan fingerprint density at radius 1 is 1.22 bits per heavy atom. The Bertz CT molecular complexity index is 336. The maximum atomic E-state index is 11.3. The van der Waals surface area contributed by atoms with Gasteiger partial charge in [-0.05, 0) is 51.2 Å². The van der Waals surface area contributed by atoms with Crippen molar-refractivity contribution in [3.05, 3.63) is 0 Å². The standard InChI is InChI=1S/C13H26N2O2S/c1-12(11-15-6-2-3-7-15)10-14-13-4-8-18(16,17)9-5-13/h12-14H,2-11H2,1H3. The third-order valence-electron chi connectivity index (χ3n) is 4.08. The van der Waals surface area contributed by atoms with Crippen LogP contribution in [0.2, 0.25) is 0 Å². The van der Waals surface area contributed by atoms with Crippen LogP contribution in [-0.4, -0.2) is 57.0 Å². The second-order valence-corrected chi connectivity index (χ2v) is 8.25. The van der Waals surface area contributed by atoms with E-state index in [0.29, 0.717) is 23.5 Å². The van der Waals surface area contributed by atoms with Gasteiger partial charge in [-0.15, -0.1) is 0 Å². The van der Waals surface area contributed by atoms with Crippen molar-refractivity contribution in [2.45, 2.75) is 38.6 Å². The first-order valence-corrected chi connectivity index (χ1v) is 9.03. The van der Waals surface area contributed by atoms with Crippen LogP contribution >= 0.6 is 0 Å². The monoisotopic (exact) mass is 274 g/mol. The highest BCUT2D eigenvalue weighted by Crippen LogP contribution is 2.13. The topological polar surface area (TPSA) is 49.4 Å². The van der Waals surface area contributed by atoms with Crippen LogP contribution in [0.15, 0.2) is 0 Å². The molecule has 2 rings (SSSR count). The van der Waals surface area contributed by atoms with Crippen molar-refractivity contribution < 1.29 is 8.42 Å². The molecule has 0 aromatic heterocycles. The maximum absolute atomic E-state index is 11.3. The SMILES string of the molecule is CC(CNC1CCS(=O)(=O)CC1)CN1CCCC1. The predicted molar refractivity (Wildman–Crippen MR) is 74.5 cm³/mol. The summed E-state index contributed by atoms with van der Waals surface area (Å²) < 4.78 is 22.7. The van der Waals surface area contributed by atoms with Crippen molar-refractivity contribution in [2.24, 2.45) is 5.92 Å². The van der Waals surface area contributed by atoms with Gasteiger partial charge < -0.3 is 10.2 Å². The van der Waals surface area contributed by atoms with Crippen LogP contribution in [0.3, 0.4) is 0 Å². The number of hydrogen-bond acceptors (Lipinski definition) is 4. The van der Waals surface area contributed by atoms with Crippen LogP contribution < -0.4 is 5.32 Å². The van der Waals surface area contributed by atoms with E-state index in [9.17, 15) is 8.42 Å². The fourth-order valence-corrected chi connectivity index (χ4v) is 4.42. The molecule has 0 bridgehead atoms. The molecule has 0 saturated carbocycles. The van der Waals surface area contributed by atoms with Gasteiger partial charge in [0.1, 0.15) is 9.84 Å². The van der Waals surface area contributed by atoms with Crippen molar-refractivity contribution in [2.75, 3.05) is 37.7 Å². The second kappa shape index (κ2) is 6.35. The summed E-state index contributed by atoms with van der Waals surface area (Å²) in [5, 5.41) is 3.54. The van der Waals surface area contributed by atoms with E-state index in [1.54, 1.807) is 0 Å². The average Bonchev–Trinajstić information content (AvgIpc) is 2.80. The summed E-state index contributed by atoms with van der Waals surface area (Å²) in [4.78, 5) is 2.54. The molecule has 18 heavy (non-hydrogen) atoms. The molecule has 2 aliphatic heterocycles. The second-order valence-electron chi connectivity index (χ2n) is 5.95. The van der Waals surface area contributed by atoms with E-state index < -0.39 is 9.84 Å². The van der Waals surface area contributed by atoms with Crippen LogP contribution in [0, 0.1) is 5.92 Å². The lowest BCUT2D eigenvalue weighted by Crippen LogP contribution is -2.41. The predicted octanol–water partition coefficient (Wildman–Crippen LogP) is 0.885. The minimum Gasteiger partial charge on any atom is -0.314 e. The van der Waals surface area contributed by atoms with Crippen molar-refractivity contribution in [3.8, 4) is 0 Å². The molecule has 0 radical (unpaired) electrons. The molecular weight excluding hydrogens is 248 g/mol. The van der Waals surface area contributed by atoms with Gasteiger partial charge in [-0.2, -0.15) is 0 Å². The summed E-state index contributed by atoms with van der Waals surface area (Å²) in [5.41, 5.74) is 0. The van der Waals surface area contributed by atoms with E-state index in [0.717, 1.165) is 19.4 Å². The number of sulfone groups is 1. The van der Waals surface area contributed by atoms with E-state index in [2.05, 4.69) is 17.1 Å². The van der Waals surface area contributed by atoms with E-state index in [4.69, 9.17) is 0 Å². The molecule has 2 fully saturated rings. The quantitative estimate of drug-likeness (QED) is 0.809. The maximum Gasteiger partial charge on any atom is 0.150 e. The van der Waals surface area contributed by atoms with Crippen LogP contribution in [0.1, 0.15) is 32.6 Å². The van der Waals surface area contributed by atoms with Crippen LogP contribution in [-0.2, 0) is 9.84 Å². The lowest BCUT2D eigenvalue weighted by Gasteiger charge is -2.26. The Hall–Kier alpha value is -0.130. The zero-order valence-corrected chi connectivity index (χ0v) is 12.2. The Morgan fingerprint density at radius 3 is 2.44 bits per heavy atom. The molecule has 1 N–H and O–H groups in total. The van der Waals surface area contributed by atoms with Gasteiger partial charge in [0.25, 0.3) is 0 Å². The molecule has 2 heterocycles. The molecule has 0 aromatic carbocycles. The molecule has 106 valence electrons. The van der Waals surface area contributed by atoms with Gasteiger partial charge in [0.15, 0.2) is 0 Å². The largest absolute Gasteiger partial charge is 0.314 e.